The van der Waals surface area contributed by atoms with Gasteiger partial charge >= 0.3 is 0 Å². The topological polar surface area (TPSA) is 25.8 Å². The van der Waals surface area contributed by atoms with E-state index in [0.717, 1.165) is 50.4 Å². The van der Waals surface area contributed by atoms with E-state index in [-0.39, 0.29) is 0 Å². The molecule has 0 aliphatic rings. The minimum Gasteiger partial charge on any atom is -0.228 e. The molecule has 0 atom stereocenters. The molecular weight excluding hydrogens is 713 g/mol. The Kier molecular flexibility index (Phi) is 9.29. The van der Waals surface area contributed by atoms with E-state index in [0.29, 0.717) is 5.82 Å². The molecule has 0 radical (unpaired) electrons. The van der Waals surface area contributed by atoms with Gasteiger partial charge in [-0.05, 0) is 114 Å². The summed E-state index contributed by atoms with van der Waals surface area (Å²) in [5, 5.41) is 7.33. The lowest BCUT2D eigenvalue weighted by Gasteiger charge is -2.19. The van der Waals surface area contributed by atoms with Gasteiger partial charge in [0.05, 0.1) is 11.4 Å². The van der Waals surface area contributed by atoms with Crippen molar-refractivity contribution in [3.05, 3.63) is 241 Å². The average molecular weight is 753 g/mol. The van der Waals surface area contributed by atoms with Crippen LogP contribution in [0.4, 0.5) is 0 Å². The molecular formula is C57H40N2. The molecule has 0 spiro atoms. The summed E-state index contributed by atoms with van der Waals surface area (Å²) in [5.41, 5.74) is 13.8. The molecule has 0 N–H and O–H groups in total. The van der Waals surface area contributed by atoms with Crippen molar-refractivity contribution in [2.75, 3.05) is 0 Å². The van der Waals surface area contributed by atoms with Gasteiger partial charge in [0.25, 0.3) is 0 Å². The molecule has 0 aliphatic carbocycles. The summed E-state index contributed by atoms with van der Waals surface area (Å²) in [4.78, 5) is 10.1. The summed E-state index contributed by atoms with van der Waals surface area (Å²) in [6, 6.07) is 73.1. The van der Waals surface area contributed by atoms with Crippen LogP contribution in [-0.4, -0.2) is 9.97 Å². The van der Waals surface area contributed by atoms with Crippen molar-refractivity contribution in [1.29, 1.82) is 0 Å². The first kappa shape index (κ1) is 35.7. The Morgan fingerprint density at radius 2 is 0.932 bits per heavy atom. The van der Waals surface area contributed by atoms with Gasteiger partial charge in [-0.2, -0.15) is 0 Å². The molecule has 9 aromatic carbocycles. The van der Waals surface area contributed by atoms with Gasteiger partial charge in [-0.3, -0.25) is 0 Å². The smallest absolute Gasteiger partial charge is 0.160 e. The van der Waals surface area contributed by atoms with Crippen molar-refractivity contribution in [2.45, 2.75) is 6.92 Å². The molecule has 0 unspecified atom stereocenters. The van der Waals surface area contributed by atoms with E-state index >= 15 is 0 Å². The van der Waals surface area contributed by atoms with Crippen LogP contribution in [0.2, 0.25) is 0 Å². The van der Waals surface area contributed by atoms with Crippen molar-refractivity contribution < 1.29 is 0 Å². The minimum absolute atomic E-state index is 0.700. The lowest BCUT2D eigenvalue weighted by Crippen LogP contribution is -1.98. The highest BCUT2D eigenvalue weighted by molar-refractivity contribution is 6.05. The number of fused-ring (bicyclic) bond motifs is 3. The molecule has 2 heteroatoms. The molecule has 1 heterocycles. The quantitative estimate of drug-likeness (QED) is 0.144. The molecule has 10 aromatic rings. The summed E-state index contributed by atoms with van der Waals surface area (Å²) in [6.07, 6.45) is 2.27. The maximum Gasteiger partial charge on any atom is 0.160 e. The molecule has 10 rings (SSSR count). The molecule has 0 fully saturated rings. The lowest BCUT2D eigenvalue weighted by molar-refractivity contribution is 1.18. The van der Waals surface area contributed by atoms with Gasteiger partial charge in [-0.15, -0.1) is 0 Å². The van der Waals surface area contributed by atoms with E-state index in [1.807, 2.05) is 36.4 Å². The van der Waals surface area contributed by atoms with Crippen LogP contribution in [0.1, 0.15) is 22.3 Å². The Bertz CT molecular complexity index is 3160. The van der Waals surface area contributed by atoms with Crippen molar-refractivity contribution >= 4 is 43.5 Å². The number of hydrogen-bond acceptors (Lipinski definition) is 2. The summed E-state index contributed by atoms with van der Waals surface area (Å²) >= 11 is 0. The molecule has 0 aliphatic heterocycles. The number of nitrogens with zero attached hydrogens (tertiary/aromatic N) is 2. The molecule has 1 aromatic heterocycles. The number of allylic oxidation sites excluding steroid dienone is 2. The first-order chi connectivity index (χ1) is 29.1. The van der Waals surface area contributed by atoms with E-state index < -0.39 is 0 Å². The van der Waals surface area contributed by atoms with E-state index in [2.05, 4.69) is 189 Å². The van der Waals surface area contributed by atoms with Crippen LogP contribution in [-0.2, 0) is 0 Å². The summed E-state index contributed by atoms with van der Waals surface area (Å²) < 4.78 is 0. The number of aryl methyl sites for hydroxylation is 1. The molecule has 2 nitrogen and oxygen atoms in total. The SMILES string of the molecule is C=C(/C=C(/c1ccc(-c2cc(-c3ccccc3)nc(-c3ccccc3)n2)cc1)c1cc(-c2ccc3ccccc3c2)c2ccccc2c1C)c1ccc2ccccc2c1. The van der Waals surface area contributed by atoms with Gasteiger partial charge in [-0.25, -0.2) is 9.97 Å². The highest BCUT2D eigenvalue weighted by Gasteiger charge is 2.18. The highest BCUT2D eigenvalue weighted by atomic mass is 14.9. The Morgan fingerprint density at radius 3 is 1.61 bits per heavy atom. The predicted molar refractivity (Wildman–Crippen MR) is 250 cm³/mol. The second-order valence-electron chi connectivity index (χ2n) is 15.1. The van der Waals surface area contributed by atoms with Gasteiger partial charge in [0.2, 0.25) is 0 Å². The van der Waals surface area contributed by atoms with E-state index in [1.165, 1.54) is 54.6 Å². The van der Waals surface area contributed by atoms with Crippen molar-refractivity contribution in [3.8, 4) is 45.0 Å². The number of hydrogen-bond donors (Lipinski definition) is 0. The van der Waals surface area contributed by atoms with Crippen LogP contribution in [0.5, 0.6) is 0 Å². The summed E-state index contributed by atoms with van der Waals surface area (Å²) in [6.45, 7) is 6.93. The monoisotopic (exact) mass is 752 g/mol. The van der Waals surface area contributed by atoms with Gasteiger partial charge < -0.3 is 0 Å². The Hall–Kier alpha value is -7.68. The van der Waals surface area contributed by atoms with E-state index in [9.17, 15) is 0 Å². The third-order valence-corrected chi connectivity index (χ3v) is 11.4. The molecule has 0 amide bonds. The van der Waals surface area contributed by atoms with E-state index in [4.69, 9.17) is 9.97 Å². The minimum atomic E-state index is 0.700. The molecule has 59 heavy (non-hydrogen) atoms. The van der Waals surface area contributed by atoms with Crippen LogP contribution in [0.15, 0.2) is 219 Å². The van der Waals surface area contributed by atoms with Gasteiger partial charge in [0.1, 0.15) is 0 Å². The standard InChI is InChI=1S/C57H40N2/c1-38(46-31-25-40-15-9-11-21-47(40)34-46)33-53(52-36-54(51-24-14-13-23-50(51)39(52)2)49-32-26-41-16-10-12-22-48(41)35-49)42-27-29-44(30-28-42)56-37-55(43-17-5-3-6-18-43)58-57(59-56)45-19-7-4-8-20-45/h3-37H,1H2,2H3/b53-33-. The maximum absolute atomic E-state index is 5.12. The fourth-order valence-electron chi connectivity index (χ4n) is 8.25. The summed E-state index contributed by atoms with van der Waals surface area (Å²) in [5.74, 6) is 0.700. The maximum atomic E-state index is 5.12. The lowest BCUT2D eigenvalue weighted by atomic mass is 9.85. The van der Waals surface area contributed by atoms with Crippen molar-refractivity contribution in [3.63, 3.8) is 0 Å². The fraction of sp³-hybridized carbons (Fsp3) is 0.0175. The average Bonchev–Trinajstić information content (AvgIpc) is 3.31. The number of benzene rings is 9. The molecule has 0 saturated heterocycles. The zero-order valence-corrected chi connectivity index (χ0v) is 32.8. The second-order valence-corrected chi connectivity index (χ2v) is 15.1. The van der Waals surface area contributed by atoms with Crippen LogP contribution in [0, 0.1) is 6.92 Å². The fourth-order valence-corrected chi connectivity index (χ4v) is 8.25. The van der Waals surface area contributed by atoms with Crippen molar-refractivity contribution in [2.24, 2.45) is 0 Å². The van der Waals surface area contributed by atoms with Gasteiger partial charge in [0, 0.05) is 16.7 Å². The second kappa shape index (κ2) is 15.3. The van der Waals surface area contributed by atoms with Crippen LogP contribution >= 0.6 is 0 Å². The van der Waals surface area contributed by atoms with Crippen LogP contribution < -0.4 is 0 Å². The first-order valence-corrected chi connectivity index (χ1v) is 20.1. The molecule has 0 bridgehead atoms. The van der Waals surface area contributed by atoms with Gasteiger partial charge in [-0.1, -0.05) is 189 Å². The first-order valence-electron chi connectivity index (χ1n) is 20.1. The Morgan fingerprint density at radius 1 is 0.424 bits per heavy atom. The Labute approximate surface area is 345 Å². The number of rotatable bonds is 8. The zero-order valence-electron chi connectivity index (χ0n) is 32.8. The van der Waals surface area contributed by atoms with Gasteiger partial charge in [0.15, 0.2) is 5.82 Å². The number of aromatic nitrogens is 2. The third kappa shape index (κ3) is 7.03. The third-order valence-electron chi connectivity index (χ3n) is 11.4. The normalized spacial score (nSPS) is 11.6. The molecule has 0 saturated carbocycles. The zero-order chi connectivity index (χ0) is 39.7. The van der Waals surface area contributed by atoms with Crippen LogP contribution in [0.3, 0.4) is 0 Å². The van der Waals surface area contributed by atoms with Crippen molar-refractivity contribution in [1.82, 2.24) is 9.97 Å². The van der Waals surface area contributed by atoms with Crippen LogP contribution in [0.25, 0.3) is 88.5 Å². The molecule has 278 valence electrons. The largest absolute Gasteiger partial charge is 0.228 e. The Balaban J connectivity index is 1.14. The predicted octanol–water partition coefficient (Wildman–Crippen LogP) is 15.1. The highest BCUT2D eigenvalue weighted by Crippen LogP contribution is 2.40. The summed E-state index contributed by atoms with van der Waals surface area (Å²) in [7, 11) is 0. The van der Waals surface area contributed by atoms with E-state index in [1.54, 1.807) is 0 Å².